The molecule has 0 atom stereocenters. The summed E-state index contributed by atoms with van der Waals surface area (Å²) in [5.41, 5.74) is 0. The average Bonchev–Trinajstić information content (AvgIpc) is 1.66. The molecule has 2 heteroatoms. The van der Waals surface area contributed by atoms with Crippen molar-refractivity contribution in [3.63, 3.8) is 0 Å². The molecule has 0 bridgehead atoms. The summed E-state index contributed by atoms with van der Waals surface area (Å²) in [4.78, 5) is 9.45. The van der Waals surface area contributed by atoms with Gasteiger partial charge in [-0.25, -0.2) is 0 Å². The summed E-state index contributed by atoms with van der Waals surface area (Å²) in [7, 11) is 0. The first kappa shape index (κ1) is 7.03. The third-order valence-corrected chi connectivity index (χ3v) is 0.474. The van der Waals surface area contributed by atoms with E-state index >= 15 is 0 Å². The lowest BCUT2D eigenvalue weighted by atomic mass is 10.2. The van der Waals surface area contributed by atoms with Gasteiger partial charge in [0, 0.05) is 12.0 Å². The van der Waals surface area contributed by atoms with Crippen LogP contribution in [-0.2, 0) is 4.79 Å². The molecule has 0 fully saturated rings. The molecule has 0 aliphatic carbocycles. The van der Waals surface area contributed by atoms with E-state index in [9.17, 15) is 4.79 Å². The molecule has 0 saturated heterocycles. The molecule has 0 aliphatic heterocycles. The summed E-state index contributed by atoms with van der Waals surface area (Å²) >= 11 is 0. The van der Waals surface area contributed by atoms with Crippen molar-refractivity contribution in [2.24, 2.45) is 5.92 Å². The van der Waals surface area contributed by atoms with E-state index in [1.165, 1.54) is 6.41 Å². The molecule has 0 heterocycles. The van der Waals surface area contributed by atoms with E-state index in [2.05, 4.69) is 17.3 Å². The molecule has 1 amide bonds. The lowest BCUT2D eigenvalue weighted by molar-refractivity contribution is 0.551. The quantitative estimate of drug-likeness (QED) is 0.380. The van der Waals surface area contributed by atoms with Crippen molar-refractivity contribution in [3.05, 3.63) is 0 Å². The minimum absolute atomic E-state index is 0.302. The van der Waals surface area contributed by atoms with Crippen LogP contribution in [0.3, 0.4) is 0 Å². The summed E-state index contributed by atoms with van der Waals surface area (Å²) in [5, 5.41) is 2.11. The van der Waals surface area contributed by atoms with Gasteiger partial charge in [-0.05, 0) is 0 Å². The summed E-state index contributed by atoms with van der Waals surface area (Å²) in [6.45, 7) is 3.89. The van der Waals surface area contributed by atoms with Crippen LogP contribution in [0.1, 0.15) is 13.8 Å². The van der Waals surface area contributed by atoms with Crippen LogP contribution in [0.25, 0.3) is 0 Å². The SMILES string of the molecule is CC(C)C#CN[C]=O. The van der Waals surface area contributed by atoms with Gasteiger partial charge < -0.3 is 0 Å². The first-order valence-electron chi connectivity index (χ1n) is 2.40. The van der Waals surface area contributed by atoms with E-state index in [0.29, 0.717) is 5.92 Å². The van der Waals surface area contributed by atoms with Crippen molar-refractivity contribution >= 4 is 6.41 Å². The van der Waals surface area contributed by atoms with E-state index in [0.717, 1.165) is 0 Å². The lowest BCUT2D eigenvalue weighted by Crippen LogP contribution is -1.99. The van der Waals surface area contributed by atoms with Crippen LogP contribution in [0.4, 0.5) is 0 Å². The molecule has 0 aromatic rings. The number of rotatable bonds is 1. The molecule has 0 unspecified atom stereocenters. The second-order valence-electron chi connectivity index (χ2n) is 1.65. The molecular formula is C6H8NO. The van der Waals surface area contributed by atoms with Gasteiger partial charge in [0.15, 0.2) is 0 Å². The molecule has 0 aromatic heterocycles. The van der Waals surface area contributed by atoms with Crippen molar-refractivity contribution in [3.8, 4) is 12.0 Å². The normalized spacial score (nSPS) is 7.38. The second kappa shape index (κ2) is 4.20. The Hall–Kier alpha value is -0.970. The van der Waals surface area contributed by atoms with Gasteiger partial charge in [-0.15, -0.1) is 0 Å². The number of hydrogen-bond donors (Lipinski definition) is 1. The minimum Gasteiger partial charge on any atom is -0.277 e. The van der Waals surface area contributed by atoms with E-state index in [4.69, 9.17) is 0 Å². The van der Waals surface area contributed by atoms with E-state index in [-0.39, 0.29) is 0 Å². The molecule has 0 saturated carbocycles. The average molecular weight is 110 g/mol. The van der Waals surface area contributed by atoms with Gasteiger partial charge >= 0.3 is 6.41 Å². The third-order valence-electron chi connectivity index (χ3n) is 0.474. The van der Waals surface area contributed by atoms with Crippen LogP contribution in [0.5, 0.6) is 0 Å². The van der Waals surface area contributed by atoms with E-state index < -0.39 is 0 Å². The zero-order valence-electron chi connectivity index (χ0n) is 4.99. The molecule has 43 valence electrons. The Morgan fingerprint density at radius 3 is 2.50 bits per heavy atom. The molecule has 0 rings (SSSR count). The van der Waals surface area contributed by atoms with Gasteiger partial charge in [0.1, 0.15) is 0 Å². The lowest BCUT2D eigenvalue weighted by Gasteiger charge is -1.83. The highest BCUT2D eigenvalue weighted by Crippen LogP contribution is 1.83. The van der Waals surface area contributed by atoms with Gasteiger partial charge in [0.25, 0.3) is 0 Å². The van der Waals surface area contributed by atoms with Crippen LogP contribution in [-0.4, -0.2) is 6.41 Å². The molecule has 0 aliphatic rings. The summed E-state index contributed by atoms with van der Waals surface area (Å²) in [6, 6.07) is 2.41. The zero-order valence-corrected chi connectivity index (χ0v) is 4.99. The molecule has 0 aromatic carbocycles. The fraction of sp³-hybridized carbons (Fsp3) is 0.500. The smallest absolute Gasteiger partial charge is 0.277 e. The summed E-state index contributed by atoms with van der Waals surface area (Å²) in [6.07, 6.45) is 1.45. The van der Waals surface area contributed by atoms with Gasteiger partial charge in [0.05, 0.1) is 0 Å². The Bertz CT molecular complexity index is 118. The Labute approximate surface area is 49.3 Å². The summed E-state index contributed by atoms with van der Waals surface area (Å²) in [5.74, 6) is 3.02. The van der Waals surface area contributed by atoms with Crippen LogP contribution in [0.15, 0.2) is 0 Å². The molecule has 2 nitrogen and oxygen atoms in total. The summed E-state index contributed by atoms with van der Waals surface area (Å²) < 4.78 is 0. The van der Waals surface area contributed by atoms with Gasteiger partial charge in [-0.2, -0.15) is 0 Å². The van der Waals surface area contributed by atoms with Crippen molar-refractivity contribution in [2.45, 2.75) is 13.8 Å². The van der Waals surface area contributed by atoms with Gasteiger partial charge in [0.2, 0.25) is 0 Å². The first-order chi connectivity index (χ1) is 3.77. The van der Waals surface area contributed by atoms with Crippen LogP contribution >= 0.6 is 0 Å². The number of hydrogen-bond acceptors (Lipinski definition) is 1. The molecule has 1 radical (unpaired) electrons. The topological polar surface area (TPSA) is 29.1 Å². The number of carbonyl (C=O) groups excluding carboxylic acids is 1. The largest absolute Gasteiger partial charge is 0.321 e. The Morgan fingerprint density at radius 1 is 1.50 bits per heavy atom. The van der Waals surface area contributed by atoms with Gasteiger partial charge in [-0.1, -0.05) is 19.8 Å². The predicted molar refractivity (Wildman–Crippen MR) is 31.4 cm³/mol. The Balaban J connectivity index is 3.34. The highest BCUT2D eigenvalue weighted by Gasteiger charge is 1.78. The van der Waals surface area contributed by atoms with Crippen LogP contribution < -0.4 is 5.32 Å². The Morgan fingerprint density at radius 2 is 2.12 bits per heavy atom. The fourth-order valence-corrected chi connectivity index (χ4v) is 0.206. The van der Waals surface area contributed by atoms with E-state index in [1.807, 2.05) is 13.8 Å². The fourth-order valence-electron chi connectivity index (χ4n) is 0.206. The highest BCUT2D eigenvalue weighted by atomic mass is 16.1. The maximum Gasteiger partial charge on any atom is 0.321 e. The van der Waals surface area contributed by atoms with Crippen molar-refractivity contribution in [1.29, 1.82) is 0 Å². The highest BCUT2D eigenvalue weighted by molar-refractivity contribution is 5.50. The monoisotopic (exact) mass is 110 g/mol. The maximum absolute atomic E-state index is 9.45. The molecular weight excluding hydrogens is 102 g/mol. The second-order valence-corrected chi connectivity index (χ2v) is 1.65. The standard InChI is InChI=1S/C6H8NO/c1-6(2)3-4-7-5-8/h6H,1-2H3,(H,7,8). The van der Waals surface area contributed by atoms with Gasteiger partial charge in [-0.3, -0.25) is 10.1 Å². The van der Waals surface area contributed by atoms with E-state index in [1.54, 1.807) is 0 Å². The third kappa shape index (κ3) is 5.03. The minimum atomic E-state index is 0.302. The number of amides is 1. The number of nitrogens with one attached hydrogen (secondary N) is 1. The predicted octanol–water partition coefficient (Wildman–Crippen LogP) is 0.260. The van der Waals surface area contributed by atoms with Crippen LogP contribution in [0.2, 0.25) is 0 Å². The van der Waals surface area contributed by atoms with Crippen LogP contribution in [0, 0.1) is 17.9 Å². The Kier molecular flexibility index (Phi) is 3.69. The maximum atomic E-state index is 9.45. The van der Waals surface area contributed by atoms with Crippen molar-refractivity contribution in [2.75, 3.05) is 0 Å². The van der Waals surface area contributed by atoms with Crippen molar-refractivity contribution < 1.29 is 4.79 Å². The molecule has 0 spiro atoms. The molecule has 8 heavy (non-hydrogen) atoms. The molecule has 1 N–H and O–H groups in total. The zero-order chi connectivity index (χ0) is 6.41. The van der Waals surface area contributed by atoms with Crippen molar-refractivity contribution in [1.82, 2.24) is 5.32 Å². The first-order valence-corrected chi connectivity index (χ1v) is 2.40.